The first-order valence-corrected chi connectivity index (χ1v) is 9.67. The highest BCUT2D eigenvalue weighted by molar-refractivity contribution is 7.13. The highest BCUT2D eigenvalue weighted by atomic mass is 32.1. The van der Waals surface area contributed by atoms with Gasteiger partial charge >= 0.3 is 0 Å². The normalized spacial score (nSPS) is 16.8. The molecule has 6 nitrogen and oxygen atoms in total. The molecule has 144 valence electrons. The van der Waals surface area contributed by atoms with E-state index in [0.29, 0.717) is 10.7 Å². The summed E-state index contributed by atoms with van der Waals surface area (Å²) in [5.41, 5.74) is 1.37. The van der Waals surface area contributed by atoms with E-state index in [4.69, 9.17) is 0 Å². The van der Waals surface area contributed by atoms with Crippen molar-refractivity contribution in [2.45, 2.75) is 6.04 Å². The summed E-state index contributed by atoms with van der Waals surface area (Å²) in [4.78, 5) is 31.3. The summed E-state index contributed by atoms with van der Waals surface area (Å²) in [6, 6.07) is 14.6. The Kier molecular flexibility index (Phi) is 4.97. The van der Waals surface area contributed by atoms with Gasteiger partial charge in [-0.15, -0.1) is 11.3 Å². The van der Waals surface area contributed by atoms with Gasteiger partial charge in [0.25, 0.3) is 5.91 Å². The molecule has 2 heterocycles. The van der Waals surface area contributed by atoms with Crippen LogP contribution < -0.4 is 4.90 Å². The Balaban J connectivity index is 1.77. The van der Waals surface area contributed by atoms with Crippen LogP contribution in [0.1, 0.15) is 17.2 Å². The number of allylic oxidation sites excluding steroid dienone is 1. The molecule has 0 radical (unpaired) electrons. The summed E-state index contributed by atoms with van der Waals surface area (Å²) in [6.07, 6.45) is 4.52. The lowest BCUT2D eigenvalue weighted by atomic mass is 9.95. The molecular weight excluding hydrogens is 388 g/mol. The second-order valence-electron chi connectivity index (χ2n) is 6.35. The van der Waals surface area contributed by atoms with E-state index in [1.54, 1.807) is 29.8 Å². The zero-order chi connectivity index (χ0) is 20.4. The van der Waals surface area contributed by atoms with Crippen LogP contribution in [-0.2, 0) is 9.59 Å². The van der Waals surface area contributed by atoms with E-state index in [1.165, 1.54) is 34.4 Å². The van der Waals surface area contributed by atoms with Crippen LogP contribution >= 0.6 is 11.3 Å². The van der Waals surface area contributed by atoms with Gasteiger partial charge in [-0.2, -0.15) is 0 Å². The largest absolute Gasteiger partial charge is 0.508 e. The van der Waals surface area contributed by atoms with Gasteiger partial charge in [-0.05, 0) is 29.3 Å². The topological polar surface area (TPSA) is 90.7 Å². The number of phenolic OH excluding ortho intramolecular Hbond substituents is 1. The second-order valence-corrected chi connectivity index (χ2v) is 7.23. The number of ketones is 1. The summed E-state index contributed by atoms with van der Waals surface area (Å²) < 4.78 is 0. The molecule has 1 unspecified atom stereocenters. The average molecular weight is 404 g/mol. The minimum Gasteiger partial charge on any atom is -0.508 e. The maximum atomic E-state index is 13.0. The number of thiazole rings is 1. The lowest BCUT2D eigenvalue weighted by molar-refractivity contribution is -0.117. The Hall–Kier alpha value is -3.71. The number of carbonyl (C=O) groups excluding carboxylic acids is 2. The van der Waals surface area contributed by atoms with Crippen molar-refractivity contribution >= 4 is 34.2 Å². The maximum absolute atomic E-state index is 13.0. The summed E-state index contributed by atoms with van der Waals surface area (Å²) in [5, 5.41) is 22.2. The van der Waals surface area contributed by atoms with Gasteiger partial charge in [-0.3, -0.25) is 14.5 Å². The van der Waals surface area contributed by atoms with Gasteiger partial charge in [0.05, 0.1) is 11.6 Å². The zero-order valence-electron chi connectivity index (χ0n) is 15.1. The van der Waals surface area contributed by atoms with Crippen molar-refractivity contribution in [3.8, 4) is 5.75 Å². The number of carbonyl (C=O) groups is 2. The zero-order valence-corrected chi connectivity index (χ0v) is 15.9. The molecule has 0 saturated carbocycles. The first-order valence-electron chi connectivity index (χ1n) is 8.79. The highest BCUT2D eigenvalue weighted by Crippen LogP contribution is 2.42. The number of nitrogens with zero attached hydrogens (tertiary/aromatic N) is 2. The lowest BCUT2D eigenvalue weighted by Crippen LogP contribution is -2.30. The molecule has 0 spiro atoms. The van der Waals surface area contributed by atoms with Crippen LogP contribution in [0.4, 0.5) is 5.13 Å². The van der Waals surface area contributed by atoms with Crippen LogP contribution in [0.5, 0.6) is 5.75 Å². The van der Waals surface area contributed by atoms with Crippen molar-refractivity contribution in [1.29, 1.82) is 0 Å². The third kappa shape index (κ3) is 3.55. The lowest BCUT2D eigenvalue weighted by Gasteiger charge is -2.24. The van der Waals surface area contributed by atoms with Gasteiger partial charge in [0.15, 0.2) is 16.7 Å². The van der Waals surface area contributed by atoms with E-state index in [9.17, 15) is 19.8 Å². The highest BCUT2D eigenvalue weighted by Gasteiger charge is 2.44. The van der Waals surface area contributed by atoms with Gasteiger partial charge < -0.3 is 10.2 Å². The van der Waals surface area contributed by atoms with Gasteiger partial charge in [0.1, 0.15) is 5.75 Å². The van der Waals surface area contributed by atoms with Gasteiger partial charge in [0, 0.05) is 11.6 Å². The summed E-state index contributed by atoms with van der Waals surface area (Å²) in [7, 11) is 0. The molecule has 29 heavy (non-hydrogen) atoms. The molecule has 3 aromatic rings. The fraction of sp³-hybridized carbons (Fsp3) is 0.0455. The molecule has 1 aliphatic rings. The Morgan fingerprint density at radius 2 is 1.79 bits per heavy atom. The van der Waals surface area contributed by atoms with E-state index in [2.05, 4.69) is 4.98 Å². The molecule has 0 aliphatic carbocycles. The second kappa shape index (κ2) is 7.73. The molecule has 4 rings (SSSR count). The van der Waals surface area contributed by atoms with Crippen molar-refractivity contribution in [2.75, 3.05) is 4.90 Å². The number of aromatic hydroxyl groups is 1. The molecule has 0 bridgehead atoms. The predicted molar refractivity (Wildman–Crippen MR) is 111 cm³/mol. The number of benzene rings is 2. The molecule has 1 amide bonds. The molecular formula is C22H16N2O4S. The fourth-order valence-electron chi connectivity index (χ4n) is 3.19. The van der Waals surface area contributed by atoms with Crippen molar-refractivity contribution in [3.63, 3.8) is 0 Å². The number of rotatable bonds is 5. The van der Waals surface area contributed by atoms with Crippen molar-refractivity contribution in [2.24, 2.45) is 0 Å². The molecule has 1 aliphatic heterocycles. The van der Waals surface area contributed by atoms with Crippen LogP contribution in [0.15, 0.2) is 83.6 Å². The SMILES string of the molecule is O=C(/C=C/c1ccccc1)C1=C(O)C(=O)N(c2nccs2)C1c1ccc(O)cc1. The van der Waals surface area contributed by atoms with Crippen molar-refractivity contribution < 1.29 is 19.8 Å². The third-order valence-corrected chi connectivity index (χ3v) is 5.31. The van der Waals surface area contributed by atoms with Crippen LogP contribution in [0.25, 0.3) is 6.08 Å². The number of phenols is 1. The number of hydrogen-bond acceptors (Lipinski definition) is 6. The number of amides is 1. The molecule has 1 atom stereocenters. The monoisotopic (exact) mass is 404 g/mol. The third-order valence-electron chi connectivity index (χ3n) is 4.53. The maximum Gasteiger partial charge on any atom is 0.296 e. The van der Waals surface area contributed by atoms with E-state index in [1.807, 2.05) is 30.3 Å². The van der Waals surface area contributed by atoms with E-state index < -0.39 is 23.5 Å². The molecule has 1 aromatic heterocycles. The van der Waals surface area contributed by atoms with Gasteiger partial charge in [-0.1, -0.05) is 48.5 Å². The Morgan fingerprint density at radius 1 is 1.07 bits per heavy atom. The Morgan fingerprint density at radius 3 is 2.45 bits per heavy atom. The number of hydrogen-bond donors (Lipinski definition) is 2. The summed E-state index contributed by atoms with van der Waals surface area (Å²) in [6.45, 7) is 0. The molecule has 0 fully saturated rings. The Labute approximate surface area is 170 Å². The van der Waals surface area contributed by atoms with Crippen molar-refractivity contribution in [1.82, 2.24) is 4.98 Å². The molecule has 2 aromatic carbocycles. The van der Waals surface area contributed by atoms with Gasteiger partial charge in [0.2, 0.25) is 0 Å². The number of aliphatic hydroxyl groups is 1. The molecule has 7 heteroatoms. The standard InChI is InChI=1S/C22H16N2O4S/c25-16-9-7-15(8-10-16)19-18(17(26)11-6-14-4-2-1-3-5-14)20(27)21(28)24(19)22-23-12-13-29-22/h1-13,19,25,27H/b11-6+. The van der Waals surface area contributed by atoms with Crippen LogP contribution in [0.3, 0.4) is 0 Å². The predicted octanol–water partition coefficient (Wildman–Crippen LogP) is 4.03. The van der Waals surface area contributed by atoms with Crippen LogP contribution in [0, 0.1) is 0 Å². The molecule has 0 saturated heterocycles. The summed E-state index contributed by atoms with van der Waals surface area (Å²) >= 11 is 1.23. The van der Waals surface area contributed by atoms with E-state index in [0.717, 1.165) is 5.56 Å². The van der Waals surface area contributed by atoms with Crippen LogP contribution in [-0.4, -0.2) is 26.9 Å². The minimum absolute atomic E-state index is 0.0249. The summed E-state index contributed by atoms with van der Waals surface area (Å²) in [5.74, 6) is -1.70. The quantitative estimate of drug-likeness (QED) is 0.627. The minimum atomic E-state index is -0.845. The first kappa shape index (κ1) is 18.6. The van der Waals surface area contributed by atoms with E-state index in [-0.39, 0.29) is 11.3 Å². The first-order chi connectivity index (χ1) is 14.1. The smallest absolute Gasteiger partial charge is 0.296 e. The number of aliphatic hydroxyl groups excluding tert-OH is 1. The fourth-order valence-corrected chi connectivity index (χ4v) is 3.85. The Bertz CT molecular complexity index is 1100. The number of anilines is 1. The molecule has 2 N–H and O–H groups in total. The van der Waals surface area contributed by atoms with E-state index >= 15 is 0 Å². The average Bonchev–Trinajstić information content (AvgIpc) is 3.35. The van der Waals surface area contributed by atoms with Gasteiger partial charge in [-0.25, -0.2) is 4.98 Å². The van der Waals surface area contributed by atoms with Crippen molar-refractivity contribution in [3.05, 3.63) is 94.7 Å². The van der Waals surface area contributed by atoms with Crippen LogP contribution in [0.2, 0.25) is 0 Å². The number of aromatic nitrogens is 1.